The standard InChI is InChI=1S/C19H31ClN4OS/c1-21-19(22-9-3-4-14-26-2)23-15-18(24-10-12-25-13-11-24)16-5-7-17(20)8-6-16/h5-8,18H,3-4,9-15H2,1-2H3,(H2,21,22,23). The zero-order valence-electron chi connectivity index (χ0n) is 15.8. The highest BCUT2D eigenvalue weighted by molar-refractivity contribution is 7.98. The second kappa shape index (κ2) is 12.4. The van der Waals surface area contributed by atoms with Gasteiger partial charge in [-0.15, -0.1) is 0 Å². The summed E-state index contributed by atoms with van der Waals surface area (Å²) in [5.41, 5.74) is 1.26. The van der Waals surface area contributed by atoms with Gasteiger partial charge in [0.05, 0.1) is 19.3 Å². The maximum atomic E-state index is 6.07. The van der Waals surface area contributed by atoms with E-state index in [0.29, 0.717) is 0 Å². The van der Waals surface area contributed by atoms with Gasteiger partial charge in [-0.3, -0.25) is 9.89 Å². The monoisotopic (exact) mass is 398 g/mol. The van der Waals surface area contributed by atoms with Crippen LogP contribution in [0.25, 0.3) is 0 Å². The minimum Gasteiger partial charge on any atom is -0.379 e. The van der Waals surface area contributed by atoms with E-state index in [1.54, 1.807) is 0 Å². The minimum absolute atomic E-state index is 0.270. The van der Waals surface area contributed by atoms with E-state index in [1.165, 1.54) is 17.7 Å². The Labute approximate surface area is 166 Å². The zero-order valence-corrected chi connectivity index (χ0v) is 17.4. The molecule has 1 aromatic rings. The molecular weight excluding hydrogens is 368 g/mol. The largest absolute Gasteiger partial charge is 0.379 e. The van der Waals surface area contributed by atoms with Crippen molar-refractivity contribution in [3.63, 3.8) is 0 Å². The lowest BCUT2D eigenvalue weighted by molar-refractivity contribution is 0.0170. The van der Waals surface area contributed by atoms with Crippen molar-refractivity contribution >= 4 is 29.3 Å². The molecular formula is C19H31ClN4OS. The van der Waals surface area contributed by atoms with Gasteiger partial charge in [-0.05, 0) is 42.5 Å². The van der Waals surface area contributed by atoms with Crippen LogP contribution in [0, 0.1) is 0 Å². The molecule has 1 heterocycles. The first-order valence-electron chi connectivity index (χ1n) is 9.25. The van der Waals surface area contributed by atoms with Crippen molar-refractivity contribution in [1.82, 2.24) is 15.5 Å². The molecule has 5 nitrogen and oxygen atoms in total. The Balaban J connectivity index is 1.91. The van der Waals surface area contributed by atoms with E-state index in [-0.39, 0.29) is 6.04 Å². The smallest absolute Gasteiger partial charge is 0.191 e. The Morgan fingerprint density at radius 3 is 2.62 bits per heavy atom. The van der Waals surface area contributed by atoms with Gasteiger partial charge in [0.15, 0.2) is 5.96 Å². The van der Waals surface area contributed by atoms with Gasteiger partial charge in [-0.25, -0.2) is 0 Å². The van der Waals surface area contributed by atoms with Crippen LogP contribution in [0.1, 0.15) is 24.4 Å². The number of hydrogen-bond donors (Lipinski definition) is 2. The lowest BCUT2D eigenvalue weighted by atomic mass is 10.0. The Kier molecular flexibility index (Phi) is 10.2. The van der Waals surface area contributed by atoms with Gasteiger partial charge in [0.25, 0.3) is 0 Å². The van der Waals surface area contributed by atoms with Gasteiger partial charge in [0.2, 0.25) is 0 Å². The molecule has 1 aromatic carbocycles. The van der Waals surface area contributed by atoms with Gasteiger partial charge in [-0.2, -0.15) is 11.8 Å². The number of nitrogens with zero attached hydrogens (tertiary/aromatic N) is 2. The Morgan fingerprint density at radius 1 is 1.23 bits per heavy atom. The van der Waals surface area contributed by atoms with Crippen molar-refractivity contribution in [3.8, 4) is 0 Å². The molecule has 2 rings (SSSR count). The molecule has 0 aliphatic carbocycles. The SMILES string of the molecule is CN=C(NCCCCSC)NCC(c1ccc(Cl)cc1)N1CCOCC1. The molecule has 1 atom stereocenters. The highest BCUT2D eigenvalue weighted by atomic mass is 35.5. The highest BCUT2D eigenvalue weighted by Gasteiger charge is 2.22. The summed E-state index contributed by atoms with van der Waals surface area (Å²) in [5, 5.41) is 7.67. The van der Waals surface area contributed by atoms with Gasteiger partial charge in [-0.1, -0.05) is 23.7 Å². The summed E-state index contributed by atoms with van der Waals surface area (Å²) in [7, 11) is 1.82. The first kappa shape index (κ1) is 21.4. The third kappa shape index (κ3) is 7.35. The maximum Gasteiger partial charge on any atom is 0.191 e. The Hall–Kier alpha value is -0.950. The van der Waals surface area contributed by atoms with E-state index in [0.717, 1.165) is 56.8 Å². The molecule has 26 heavy (non-hydrogen) atoms. The van der Waals surface area contributed by atoms with Crippen LogP contribution in [0.5, 0.6) is 0 Å². The molecule has 1 unspecified atom stereocenters. The van der Waals surface area contributed by atoms with E-state index < -0.39 is 0 Å². The Bertz CT molecular complexity index is 535. The molecule has 1 aliphatic heterocycles. The summed E-state index contributed by atoms with van der Waals surface area (Å²) in [6.45, 7) is 5.19. The predicted octanol–water partition coefficient (Wildman–Crippen LogP) is 3.02. The fourth-order valence-corrected chi connectivity index (χ4v) is 3.64. The van der Waals surface area contributed by atoms with E-state index >= 15 is 0 Å². The minimum atomic E-state index is 0.270. The van der Waals surface area contributed by atoms with Gasteiger partial charge in [0.1, 0.15) is 0 Å². The zero-order chi connectivity index (χ0) is 18.6. The van der Waals surface area contributed by atoms with Gasteiger partial charge in [0, 0.05) is 38.2 Å². The molecule has 1 fully saturated rings. The molecule has 0 aromatic heterocycles. The molecule has 0 amide bonds. The quantitative estimate of drug-likeness (QED) is 0.380. The number of ether oxygens (including phenoxy) is 1. The Morgan fingerprint density at radius 2 is 1.96 bits per heavy atom. The third-order valence-corrected chi connectivity index (χ3v) is 5.44. The first-order chi connectivity index (χ1) is 12.7. The number of nitrogens with one attached hydrogen (secondary N) is 2. The fourth-order valence-electron chi connectivity index (χ4n) is 3.02. The van der Waals surface area contributed by atoms with Crippen molar-refractivity contribution in [1.29, 1.82) is 0 Å². The number of rotatable bonds is 9. The van der Waals surface area contributed by atoms with E-state index in [1.807, 2.05) is 30.9 Å². The number of morpholine rings is 1. The summed E-state index contributed by atoms with van der Waals surface area (Å²) in [4.78, 5) is 6.82. The number of benzene rings is 1. The summed E-state index contributed by atoms with van der Waals surface area (Å²) >= 11 is 7.96. The number of halogens is 1. The average molecular weight is 399 g/mol. The van der Waals surface area contributed by atoms with Crippen molar-refractivity contribution in [2.24, 2.45) is 4.99 Å². The van der Waals surface area contributed by atoms with Gasteiger partial charge < -0.3 is 15.4 Å². The highest BCUT2D eigenvalue weighted by Crippen LogP contribution is 2.23. The number of unbranched alkanes of at least 4 members (excludes halogenated alkanes) is 1. The number of hydrogen-bond acceptors (Lipinski definition) is 4. The summed E-state index contributed by atoms with van der Waals surface area (Å²) in [6, 6.07) is 8.42. The van der Waals surface area contributed by atoms with Crippen LogP contribution in [0.4, 0.5) is 0 Å². The lowest BCUT2D eigenvalue weighted by Gasteiger charge is -2.35. The van der Waals surface area contributed by atoms with Crippen molar-refractivity contribution < 1.29 is 4.74 Å². The molecule has 0 spiro atoms. The molecule has 7 heteroatoms. The fraction of sp³-hybridized carbons (Fsp3) is 0.632. The summed E-state index contributed by atoms with van der Waals surface area (Å²) < 4.78 is 5.52. The van der Waals surface area contributed by atoms with E-state index in [2.05, 4.69) is 38.9 Å². The van der Waals surface area contributed by atoms with Crippen LogP contribution in [-0.2, 0) is 4.74 Å². The normalized spacial score (nSPS) is 17.1. The van der Waals surface area contributed by atoms with Crippen LogP contribution in [0.15, 0.2) is 29.3 Å². The average Bonchev–Trinajstić information content (AvgIpc) is 2.68. The summed E-state index contributed by atoms with van der Waals surface area (Å²) in [6.07, 6.45) is 4.54. The third-order valence-electron chi connectivity index (χ3n) is 4.50. The number of guanidine groups is 1. The predicted molar refractivity (Wildman–Crippen MR) is 114 cm³/mol. The maximum absolute atomic E-state index is 6.07. The van der Waals surface area contributed by atoms with Gasteiger partial charge >= 0.3 is 0 Å². The molecule has 0 radical (unpaired) electrons. The van der Waals surface area contributed by atoms with Crippen molar-refractivity contribution in [2.75, 3.05) is 58.4 Å². The molecule has 0 bridgehead atoms. The van der Waals surface area contributed by atoms with E-state index in [4.69, 9.17) is 16.3 Å². The molecule has 1 aliphatic rings. The molecule has 146 valence electrons. The topological polar surface area (TPSA) is 48.9 Å². The van der Waals surface area contributed by atoms with Crippen LogP contribution in [0.3, 0.4) is 0 Å². The number of aliphatic imine (C=N–C) groups is 1. The van der Waals surface area contributed by atoms with Crippen LogP contribution < -0.4 is 10.6 Å². The molecule has 0 saturated carbocycles. The van der Waals surface area contributed by atoms with Crippen LogP contribution >= 0.6 is 23.4 Å². The lowest BCUT2D eigenvalue weighted by Crippen LogP contribution is -2.46. The first-order valence-corrected chi connectivity index (χ1v) is 11.0. The molecule has 2 N–H and O–H groups in total. The van der Waals surface area contributed by atoms with Crippen molar-refractivity contribution in [3.05, 3.63) is 34.9 Å². The van der Waals surface area contributed by atoms with Crippen LogP contribution in [-0.4, -0.2) is 69.3 Å². The second-order valence-corrected chi connectivity index (χ2v) is 7.72. The molecule has 1 saturated heterocycles. The van der Waals surface area contributed by atoms with E-state index in [9.17, 15) is 0 Å². The summed E-state index contributed by atoms with van der Waals surface area (Å²) in [5.74, 6) is 2.07. The second-order valence-electron chi connectivity index (χ2n) is 6.30. The van der Waals surface area contributed by atoms with Crippen molar-refractivity contribution in [2.45, 2.75) is 18.9 Å². The van der Waals surface area contributed by atoms with Crippen LogP contribution in [0.2, 0.25) is 5.02 Å². The number of thioether (sulfide) groups is 1.